The van der Waals surface area contributed by atoms with Crippen LogP contribution in [0, 0.1) is 0 Å². The van der Waals surface area contributed by atoms with E-state index >= 15 is 0 Å². The smallest absolute Gasteiger partial charge is 0.0831 e. The van der Waals surface area contributed by atoms with Gasteiger partial charge in [0.25, 0.3) is 0 Å². The molecule has 0 saturated heterocycles. The van der Waals surface area contributed by atoms with Crippen LogP contribution < -0.4 is 5.01 Å². The maximum absolute atomic E-state index is 6.07. The van der Waals surface area contributed by atoms with E-state index in [-0.39, 0.29) is 6.04 Å². The molecule has 134 valence electrons. The molecule has 0 bridgehead atoms. The zero-order valence-electron chi connectivity index (χ0n) is 14.6. The fourth-order valence-electron chi connectivity index (χ4n) is 3.16. The number of allylic oxidation sites excluding steroid dienone is 1. The lowest BCUT2D eigenvalue weighted by molar-refractivity contribution is 0.709. The molecule has 2 nitrogen and oxygen atoms in total. The van der Waals surface area contributed by atoms with Gasteiger partial charge in [0, 0.05) is 16.5 Å². The fraction of sp³-hybridized carbons (Fsp3) is 0.0870. The Labute approximate surface area is 169 Å². The van der Waals surface area contributed by atoms with Crippen LogP contribution in [0.15, 0.2) is 90.0 Å². The van der Waals surface area contributed by atoms with Crippen molar-refractivity contribution in [2.45, 2.75) is 12.5 Å². The van der Waals surface area contributed by atoms with E-state index in [1.807, 2.05) is 54.6 Å². The molecule has 1 heterocycles. The molecule has 0 saturated carbocycles. The van der Waals surface area contributed by atoms with Gasteiger partial charge in [-0.3, -0.25) is 5.01 Å². The number of hydrazone groups is 1. The Morgan fingerprint density at radius 1 is 0.778 bits per heavy atom. The van der Waals surface area contributed by atoms with E-state index in [0.29, 0.717) is 0 Å². The summed E-state index contributed by atoms with van der Waals surface area (Å²) in [5.74, 6) is 0. The van der Waals surface area contributed by atoms with Crippen molar-refractivity contribution in [3.8, 4) is 0 Å². The molecule has 0 aliphatic carbocycles. The minimum absolute atomic E-state index is 0.148. The molecule has 0 aromatic heterocycles. The standard InChI is InChI=1S/C23H18Cl2N2/c24-19-11-6-17(7-12-19)8-15-21-16-23(18-9-13-20(25)14-10-18)27(26-21)22-4-2-1-3-5-22/h1-15,23H,16H2/b15-8+. The first-order valence-corrected chi connectivity index (χ1v) is 9.55. The maximum Gasteiger partial charge on any atom is 0.0831 e. The van der Waals surface area contributed by atoms with Gasteiger partial charge in [-0.1, -0.05) is 71.7 Å². The minimum atomic E-state index is 0.148. The van der Waals surface area contributed by atoms with Gasteiger partial charge < -0.3 is 0 Å². The Hall–Kier alpha value is -2.55. The van der Waals surface area contributed by atoms with Crippen molar-refractivity contribution in [2.75, 3.05) is 5.01 Å². The Morgan fingerprint density at radius 2 is 1.41 bits per heavy atom. The second-order valence-electron chi connectivity index (χ2n) is 6.43. The predicted molar refractivity (Wildman–Crippen MR) is 116 cm³/mol. The minimum Gasteiger partial charge on any atom is -0.257 e. The molecule has 3 aromatic rings. The Kier molecular flexibility index (Phi) is 5.28. The van der Waals surface area contributed by atoms with Crippen molar-refractivity contribution in [3.05, 3.63) is 106 Å². The van der Waals surface area contributed by atoms with E-state index in [1.54, 1.807) is 0 Å². The fourth-order valence-corrected chi connectivity index (χ4v) is 3.42. The van der Waals surface area contributed by atoms with Gasteiger partial charge in [0.2, 0.25) is 0 Å². The third-order valence-electron chi connectivity index (χ3n) is 4.55. The maximum atomic E-state index is 6.07. The molecular weight excluding hydrogens is 375 g/mol. The first kappa shape index (κ1) is 17.8. The lowest BCUT2D eigenvalue weighted by Gasteiger charge is -2.24. The molecule has 0 spiro atoms. The molecular formula is C23H18Cl2N2. The summed E-state index contributed by atoms with van der Waals surface area (Å²) in [6.07, 6.45) is 4.98. The number of hydrogen-bond acceptors (Lipinski definition) is 2. The van der Waals surface area contributed by atoms with E-state index in [4.69, 9.17) is 28.3 Å². The molecule has 0 radical (unpaired) electrons. The number of rotatable bonds is 4. The van der Waals surface area contributed by atoms with Crippen LogP contribution in [0.5, 0.6) is 0 Å². The highest BCUT2D eigenvalue weighted by atomic mass is 35.5. The van der Waals surface area contributed by atoms with Crippen molar-refractivity contribution in [3.63, 3.8) is 0 Å². The molecule has 1 aliphatic rings. The van der Waals surface area contributed by atoms with E-state index in [1.165, 1.54) is 5.56 Å². The van der Waals surface area contributed by atoms with Crippen molar-refractivity contribution in [1.29, 1.82) is 0 Å². The summed E-state index contributed by atoms with van der Waals surface area (Å²) in [6.45, 7) is 0. The Morgan fingerprint density at radius 3 is 2.07 bits per heavy atom. The van der Waals surface area contributed by atoms with Gasteiger partial charge in [-0.25, -0.2) is 0 Å². The Balaban J connectivity index is 1.63. The van der Waals surface area contributed by atoms with Crippen LogP contribution in [-0.4, -0.2) is 5.71 Å². The molecule has 1 atom stereocenters. The lowest BCUT2D eigenvalue weighted by atomic mass is 10.0. The molecule has 1 aliphatic heterocycles. The topological polar surface area (TPSA) is 15.6 Å². The molecule has 4 rings (SSSR count). The van der Waals surface area contributed by atoms with Crippen molar-refractivity contribution < 1.29 is 0 Å². The van der Waals surface area contributed by atoms with Gasteiger partial charge in [0.1, 0.15) is 0 Å². The molecule has 4 heteroatoms. The van der Waals surface area contributed by atoms with Gasteiger partial charge in [-0.15, -0.1) is 0 Å². The zero-order valence-corrected chi connectivity index (χ0v) is 16.1. The second kappa shape index (κ2) is 7.99. The lowest BCUT2D eigenvalue weighted by Crippen LogP contribution is -2.18. The van der Waals surface area contributed by atoms with Crippen molar-refractivity contribution in [2.24, 2.45) is 5.10 Å². The van der Waals surface area contributed by atoms with Crippen molar-refractivity contribution >= 4 is 40.7 Å². The summed E-state index contributed by atoms with van der Waals surface area (Å²) in [5, 5.41) is 8.45. The highest BCUT2D eigenvalue weighted by Crippen LogP contribution is 2.35. The largest absolute Gasteiger partial charge is 0.257 e. The van der Waals surface area contributed by atoms with E-state index in [0.717, 1.165) is 33.4 Å². The number of anilines is 1. The van der Waals surface area contributed by atoms with Crippen LogP contribution in [0.3, 0.4) is 0 Å². The van der Waals surface area contributed by atoms with E-state index in [9.17, 15) is 0 Å². The average Bonchev–Trinajstić information content (AvgIpc) is 3.13. The van der Waals surface area contributed by atoms with Gasteiger partial charge >= 0.3 is 0 Å². The quantitative estimate of drug-likeness (QED) is 0.465. The monoisotopic (exact) mass is 392 g/mol. The Bertz CT molecular complexity index is 962. The molecule has 1 unspecified atom stereocenters. The van der Waals surface area contributed by atoms with Gasteiger partial charge in [-0.05, 0) is 53.6 Å². The summed E-state index contributed by atoms with van der Waals surface area (Å²) in [5.41, 5.74) is 4.41. The number of para-hydroxylation sites is 1. The highest BCUT2D eigenvalue weighted by Gasteiger charge is 2.28. The van der Waals surface area contributed by atoms with Crippen LogP contribution in [0.4, 0.5) is 5.69 Å². The number of halogens is 2. The van der Waals surface area contributed by atoms with Crippen LogP contribution in [0.1, 0.15) is 23.6 Å². The zero-order chi connectivity index (χ0) is 18.6. The normalized spacial score (nSPS) is 16.7. The average molecular weight is 393 g/mol. The van der Waals surface area contributed by atoms with E-state index in [2.05, 4.69) is 41.4 Å². The summed E-state index contributed by atoms with van der Waals surface area (Å²) in [7, 11) is 0. The SMILES string of the molecule is Clc1ccc(/C=C/C2=NN(c3ccccc3)C(c3ccc(Cl)cc3)C2)cc1. The number of nitrogens with zero attached hydrogens (tertiary/aromatic N) is 2. The van der Waals surface area contributed by atoms with Gasteiger partial charge in [-0.2, -0.15) is 5.10 Å². The first-order valence-electron chi connectivity index (χ1n) is 8.80. The van der Waals surface area contributed by atoms with Crippen molar-refractivity contribution in [1.82, 2.24) is 0 Å². The van der Waals surface area contributed by atoms with Crippen LogP contribution in [0.25, 0.3) is 6.08 Å². The molecule has 0 N–H and O–H groups in total. The third kappa shape index (κ3) is 4.24. The molecule has 0 fully saturated rings. The number of hydrogen-bond donors (Lipinski definition) is 0. The summed E-state index contributed by atoms with van der Waals surface area (Å²) in [4.78, 5) is 0. The highest BCUT2D eigenvalue weighted by molar-refractivity contribution is 6.30. The van der Waals surface area contributed by atoms with E-state index < -0.39 is 0 Å². The van der Waals surface area contributed by atoms with Crippen LogP contribution >= 0.6 is 23.2 Å². The summed E-state index contributed by atoms with van der Waals surface area (Å²) in [6, 6.07) is 26.2. The number of benzene rings is 3. The predicted octanol–water partition coefficient (Wildman–Crippen LogP) is 7.01. The summed E-state index contributed by atoms with van der Waals surface area (Å²) < 4.78 is 0. The van der Waals surface area contributed by atoms with Crippen LogP contribution in [-0.2, 0) is 0 Å². The van der Waals surface area contributed by atoms with Crippen LogP contribution in [0.2, 0.25) is 10.0 Å². The first-order chi connectivity index (χ1) is 13.2. The van der Waals surface area contributed by atoms with Gasteiger partial charge in [0.05, 0.1) is 17.4 Å². The van der Waals surface area contributed by atoms with Gasteiger partial charge in [0.15, 0.2) is 0 Å². The second-order valence-corrected chi connectivity index (χ2v) is 7.30. The summed E-state index contributed by atoms with van der Waals surface area (Å²) >= 11 is 12.0. The molecule has 3 aromatic carbocycles. The molecule has 0 amide bonds. The third-order valence-corrected chi connectivity index (χ3v) is 5.05. The molecule has 27 heavy (non-hydrogen) atoms.